The highest BCUT2D eigenvalue weighted by Gasteiger charge is 2.18. The number of carbonyl (C=O) groups is 1. The molecular formula is C11H20N6O2. The number of aromatic nitrogens is 3. The van der Waals surface area contributed by atoms with Crippen molar-refractivity contribution >= 4 is 17.8 Å². The van der Waals surface area contributed by atoms with E-state index in [1.807, 2.05) is 20.8 Å². The number of hydrogen-bond donors (Lipinski definition) is 2. The standard InChI is InChI=1S/C11H20N6O2/c1-5-13-9-14-10(16-11(15-9)19-4)17(7(2)3)6-8(12)18/h7H,5-6H2,1-4H3,(H2,12,18)(H,13,14,15,16). The normalized spacial score (nSPS) is 10.4. The number of methoxy groups -OCH3 is 1. The Morgan fingerprint density at radius 3 is 2.58 bits per heavy atom. The SMILES string of the molecule is CCNc1nc(OC)nc(N(CC(N)=O)C(C)C)n1. The molecular weight excluding hydrogens is 248 g/mol. The fourth-order valence-electron chi connectivity index (χ4n) is 1.45. The summed E-state index contributed by atoms with van der Waals surface area (Å²) in [7, 11) is 1.47. The molecule has 19 heavy (non-hydrogen) atoms. The Morgan fingerprint density at radius 2 is 2.11 bits per heavy atom. The third-order valence-corrected chi connectivity index (χ3v) is 2.33. The summed E-state index contributed by atoms with van der Waals surface area (Å²) in [5, 5.41) is 2.98. The van der Waals surface area contributed by atoms with Gasteiger partial charge in [-0.05, 0) is 20.8 Å². The molecule has 0 bridgehead atoms. The van der Waals surface area contributed by atoms with Crippen LogP contribution < -0.4 is 20.7 Å². The zero-order valence-electron chi connectivity index (χ0n) is 11.7. The summed E-state index contributed by atoms with van der Waals surface area (Å²) in [5.74, 6) is 0.314. The van der Waals surface area contributed by atoms with Crippen molar-refractivity contribution in [2.24, 2.45) is 5.73 Å². The van der Waals surface area contributed by atoms with E-state index < -0.39 is 5.91 Å². The summed E-state index contributed by atoms with van der Waals surface area (Å²) >= 11 is 0. The molecule has 8 nitrogen and oxygen atoms in total. The highest BCUT2D eigenvalue weighted by Crippen LogP contribution is 2.16. The maximum atomic E-state index is 11.1. The average molecular weight is 268 g/mol. The average Bonchev–Trinajstić information content (AvgIpc) is 2.35. The van der Waals surface area contributed by atoms with Gasteiger partial charge in [0.1, 0.15) is 0 Å². The van der Waals surface area contributed by atoms with Crippen molar-refractivity contribution < 1.29 is 9.53 Å². The monoisotopic (exact) mass is 268 g/mol. The van der Waals surface area contributed by atoms with Crippen LogP contribution in [0.25, 0.3) is 0 Å². The lowest BCUT2D eigenvalue weighted by Gasteiger charge is -2.25. The van der Waals surface area contributed by atoms with Gasteiger partial charge in [0.2, 0.25) is 17.8 Å². The van der Waals surface area contributed by atoms with Crippen molar-refractivity contribution in [2.45, 2.75) is 26.8 Å². The van der Waals surface area contributed by atoms with Gasteiger partial charge in [0.25, 0.3) is 0 Å². The van der Waals surface area contributed by atoms with Gasteiger partial charge in [0, 0.05) is 12.6 Å². The molecule has 106 valence electrons. The van der Waals surface area contributed by atoms with Gasteiger partial charge in [0.15, 0.2) is 0 Å². The van der Waals surface area contributed by atoms with Crippen LogP contribution in [0.15, 0.2) is 0 Å². The predicted molar refractivity (Wildman–Crippen MR) is 72.2 cm³/mol. The van der Waals surface area contributed by atoms with Crippen molar-refractivity contribution in [2.75, 3.05) is 30.4 Å². The first kappa shape index (κ1) is 14.9. The van der Waals surface area contributed by atoms with Crippen molar-refractivity contribution in [3.05, 3.63) is 0 Å². The number of nitrogens with zero attached hydrogens (tertiary/aromatic N) is 4. The summed E-state index contributed by atoms with van der Waals surface area (Å²) in [4.78, 5) is 25.3. The van der Waals surface area contributed by atoms with E-state index >= 15 is 0 Å². The highest BCUT2D eigenvalue weighted by molar-refractivity contribution is 5.79. The number of nitrogens with one attached hydrogen (secondary N) is 1. The maximum absolute atomic E-state index is 11.1. The summed E-state index contributed by atoms with van der Waals surface area (Å²) in [5.41, 5.74) is 5.24. The molecule has 0 fully saturated rings. The van der Waals surface area contributed by atoms with E-state index in [9.17, 15) is 4.79 Å². The predicted octanol–water partition coefficient (Wildman–Crippen LogP) is 0.0121. The zero-order valence-corrected chi connectivity index (χ0v) is 11.7. The van der Waals surface area contributed by atoms with Crippen LogP contribution in [0.5, 0.6) is 6.01 Å². The van der Waals surface area contributed by atoms with Gasteiger partial charge >= 0.3 is 6.01 Å². The van der Waals surface area contributed by atoms with Gasteiger partial charge in [0.05, 0.1) is 13.7 Å². The molecule has 0 saturated heterocycles. The van der Waals surface area contributed by atoms with Crippen molar-refractivity contribution in [1.29, 1.82) is 0 Å². The second-order valence-electron chi connectivity index (χ2n) is 4.16. The maximum Gasteiger partial charge on any atom is 0.322 e. The Hall–Kier alpha value is -2.12. The Bertz CT molecular complexity index is 437. The molecule has 0 radical (unpaired) electrons. The molecule has 0 saturated carbocycles. The molecule has 0 aromatic carbocycles. The summed E-state index contributed by atoms with van der Waals surface area (Å²) in [6.07, 6.45) is 0. The smallest absolute Gasteiger partial charge is 0.322 e. The highest BCUT2D eigenvalue weighted by atomic mass is 16.5. The summed E-state index contributed by atoms with van der Waals surface area (Å²) < 4.78 is 5.03. The van der Waals surface area contributed by atoms with Gasteiger partial charge in [-0.3, -0.25) is 4.79 Å². The molecule has 1 heterocycles. The number of amides is 1. The van der Waals surface area contributed by atoms with Gasteiger partial charge in [-0.1, -0.05) is 0 Å². The minimum atomic E-state index is -0.446. The first-order chi connectivity index (χ1) is 8.97. The largest absolute Gasteiger partial charge is 0.467 e. The van der Waals surface area contributed by atoms with Crippen LogP contribution in [0.2, 0.25) is 0 Å². The Balaban J connectivity index is 3.13. The summed E-state index contributed by atoms with van der Waals surface area (Å²) in [6, 6.07) is 0.213. The van der Waals surface area contributed by atoms with E-state index in [2.05, 4.69) is 20.3 Å². The molecule has 3 N–H and O–H groups in total. The number of anilines is 2. The topological polar surface area (TPSA) is 106 Å². The van der Waals surface area contributed by atoms with E-state index in [-0.39, 0.29) is 18.6 Å². The van der Waals surface area contributed by atoms with E-state index in [4.69, 9.17) is 10.5 Å². The molecule has 0 atom stereocenters. The second-order valence-corrected chi connectivity index (χ2v) is 4.16. The van der Waals surface area contributed by atoms with Gasteiger partial charge < -0.3 is 20.7 Å². The van der Waals surface area contributed by atoms with Gasteiger partial charge in [-0.25, -0.2) is 0 Å². The molecule has 8 heteroatoms. The zero-order chi connectivity index (χ0) is 14.4. The molecule has 1 amide bonds. The molecule has 1 aromatic rings. The fraction of sp³-hybridized carbons (Fsp3) is 0.636. The minimum absolute atomic E-state index is 0.0223. The molecule has 1 rings (SSSR count). The number of rotatable bonds is 7. The Labute approximate surface area is 112 Å². The lowest BCUT2D eigenvalue weighted by molar-refractivity contribution is -0.116. The minimum Gasteiger partial charge on any atom is -0.467 e. The first-order valence-electron chi connectivity index (χ1n) is 6.06. The lowest BCUT2D eigenvalue weighted by atomic mass is 10.3. The van der Waals surface area contributed by atoms with Crippen LogP contribution in [0.3, 0.4) is 0 Å². The van der Waals surface area contributed by atoms with Gasteiger partial charge in [-0.2, -0.15) is 15.0 Å². The number of nitrogens with two attached hydrogens (primary N) is 1. The second kappa shape index (κ2) is 6.72. The van der Waals surface area contributed by atoms with Crippen LogP contribution in [-0.2, 0) is 4.79 Å². The third-order valence-electron chi connectivity index (χ3n) is 2.33. The van der Waals surface area contributed by atoms with Crippen LogP contribution in [-0.4, -0.2) is 47.1 Å². The number of carbonyl (C=O) groups excluding carboxylic acids is 1. The molecule has 1 aromatic heterocycles. The van der Waals surface area contributed by atoms with Crippen LogP contribution in [0, 0.1) is 0 Å². The van der Waals surface area contributed by atoms with Crippen molar-refractivity contribution in [1.82, 2.24) is 15.0 Å². The first-order valence-corrected chi connectivity index (χ1v) is 6.06. The van der Waals surface area contributed by atoms with Crippen LogP contribution in [0.4, 0.5) is 11.9 Å². The molecule has 0 spiro atoms. The molecule has 0 aliphatic heterocycles. The number of hydrogen-bond acceptors (Lipinski definition) is 7. The third kappa shape index (κ3) is 4.23. The summed E-state index contributed by atoms with van der Waals surface area (Å²) in [6.45, 7) is 6.48. The Morgan fingerprint density at radius 1 is 1.42 bits per heavy atom. The Kier molecular flexibility index (Phi) is 5.28. The van der Waals surface area contributed by atoms with Crippen LogP contribution >= 0.6 is 0 Å². The van der Waals surface area contributed by atoms with E-state index in [1.54, 1.807) is 4.90 Å². The van der Waals surface area contributed by atoms with E-state index in [1.165, 1.54) is 7.11 Å². The quantitative estimate of drug-likeness (QED) is 0.717. The fourth-order valence-corrected chi connectivity index (χ4v) is 1.45. The molecule has 0 aliphatic rings. The van der Waals surface area contributed by atoms with Gasteiger partial charge in [-0.15, -0.1) is 0 Å². The van der Waals surface area contributed by atoms with Crippen LogP contribution in [0.1, 0.15) is 20.8 Å². The van der Waals surface area contributed by atoms with Crippen molar-refractivity contribution in [3.63, 3.8) is 0 Å². The number of ether oxygens (including phenoxy) is 1. The van der Waals surface area contributed by atoms with Crippen molar-refractivity contribution in [3.8, 4) is 6.01 Å². The molecule has 0 aliphatic carbocycles. The molecule has 0 unspecified atom stereocenters. The van der Waals surface area contributed by atoms with E-state index in [0.29, 0.717) is 18.4 Å². The lowest BCUT2D eigenvalue weighted by Crippen LogP contribution is -2.39. The van der Waals surface area contributed by atoms with E-state index in [0.717, 1.165) is 0 Å². The number of primary amides is 1.